The largest absolute Gasteiger partial charge is 0.389 e. The van der Waals surface area contributed by atoms with E-state index in [1.807, 2.05) is 0 Å². The van der Waals surface area contributed by atoms with Gasteiger partial charge in [0, 0.05) is 31.6 Å². The number of alkyl halides is 3. The number of nitrogens with one attached hydrogen (secondary N) is 1. The first-order chi connectivity index (χ1) is 8.99. The van der Waals surface area contributed by atoms with Crippen LogP contribution in [0.2, 0.25) is 0 Å². The van der Waals surface area contributed by atoms with Crippen LogP contribution in [-0.4, -0.2) is 42.8 Å². The summed E-state index contributed by atoms with van der Waals surface area (Å²) < 4.78 is 36.7. The first-order valence-electron chi connectivity index (χ1n) is 7.54. The van der Waals surface area contributed by atoms with Gasteiger partial charge in [-0.1, -0.05) is 13.3 Å². The second-order valence-corrected chi connectivity index (χ2v) is 6.01. The lowest BCUT2D eigenvalue weighted by atomic mass is 10.0. The van der Waals surface area contributed by atoms with E-state index < -0.39 is 12.6 Å². The van der Waals surface area contributed by atoms with Crippen molar-refractivity contribution in [3.05, 3.63) is 0 Å². The van der Waals surface area contributed by atoms with E-state index in [0.29, 0.717) is 18.6 Å². The molecular weight excluding hydrogens is 253 g/mol. The topological polar surface area (TPSA) is 15.3 Å². The maximum Gasteiger partial charge on any atom is 0.389 e. The summed E-state index contributed by atoms with van der Waals surface area (Å²) in [7, 11) is 0. The average Bonchev–Trinajstić information content (AvgIpc) is 3.12. The predicted octanol–water partition coefficient (Wildman–Crippen LogP) is 3.18. The molecule has 0 bridgehead atoms. The smallest absolute Gasteiger partial charge is 0.311 e. The molecule has 0 amide bonds. The van der Waals surface area contributed by atoms with Crippen LogP contribution in [0.4, 0.5) is 13.2 Å². The summed E-state index contributed by atoms with van der Waals surface area (Å²) in [6.45, 7) is 4.64. The third kappa shape index (κ3) is 4.95. The highest BCUT2D eigenvalue weighted by Crippen LogP contribution is 2.36. The molecule has 0 aromatic heterocycles. The van der Waals surface area contributed by atoms with Crippen molar-refractivity contribution in [1.29, 1.82) is 0 Å². The summed E-state index contributed by atoms with van der Waals surface area (Å²) in [5.74, 6) is 0.723. The van der Waals surface area contributed by atoms with Gasteiger partial charge in [-0.25, -0.2) is 0 Å². The van der Waals surface area contributed by atoms with Crippen LogP contribution in [0.15, 0.2) is 0 Å². The SMILES string of the molecule is CCCC1CN(CCCC(F)(F)F)C(C2CC2)CN1. The van der Waals surface area contributed by atoms with Crippen LogP contribution in [-0.2, 0) is 0 Å². The van der Waals surface area contributed by atoms with E-state index in [-0.39, 0.29) is 6.42 Å². The number of piperazine rings is 1. The van der Waals surface area contributed by atoms with Gasteiger partial charge >= 0.3 is 6.18 Å². The minimum Gasteiger partial charge on any atom is -0.311 e. The van der Waals surface area contributed by atoms with E-state index in [1.54, 1.807) is 0 Å². The summed E-state index contributed by atoms with van der Waals surface area (Å²) in [6.07, 6.45) is 0.334. The Morgan fingerprint density at radius 3 is 2.58 bits per heavy atom. The van der Waals surface area contributed by atoms with Gasteiger partial charge in [0.15, 0.2) is 0 Å². The first-order valence-corrected chi connectivity index (χ1v) is 7.54. The summed E-state index contributed by atoms with van der Waals surface area (Å²) >= 11 is 0. The van der Waals surface area contributed by atoms with E-state index >= 15 is 0 Å². The Kier molecular flexibility index (Phi) is 5.12. The van der Waals surface area contributed by atoms with Gasteiger partial charge in [-0.15, -0.1) is 0 Å². The van der Waals surface area contributed by atoms with Gasteiger partial charge in [-0.2, -0.15) is 13.2 Å². The van der Waals surface area contributed by atoms with Crippen LogP contribution in [0.25, 0.3) is 0 Å². The maximum atomic E-state index is 12.2. The maximum absolute atomic E-state index is 12.2. The predicted molar refractivity (Wildman–Crippen MR) is 70.1 cm³/mol. The fourth-order valence-electron chi connectivity index (χ4n) is 3.13. The van der Waals surface area contributed by atoms with Crippen molar-refractivity contribution in [3.8, 4) is 0 Å². The Morgan fingerprint density at radius 1 is 1.26 bits per heavy atom. The fourth-order valence-corrected chi connectivity index (χ4v) is 3.13. The van der Waals surface area contributed by atoms with E-state index in [4.69, 9.17) is 0 Å². The van der Waals surface area contributed by atoms with Crippen LogP contribution in [0.5, 0.6) is 0 Å². The van der Waals surface area contributed by atoms with Crippen LogP contribution in [0, 0.1) is 5.92 Å². The zero-order valence-electron chi connectivity index (χ0n) is 11.7. The first kappa shape index (κ1) is 15.1. The van der Waals surface area contributed by atoms with Crippen molar-refractivity contribution in [2.45, 2.75) is 63.7 Å². The molecular formula is C14H25F3N2. The van der Waals surface area contributed by atoms with Crippen molar-refractivity contribution in [2.75, 3.05) is 19.6 Å². The second kappa shape index (κ2) is 6.44. The average molecular weight is 278 g/mol. The van der Waals surface area contributed by atoms with E-state index in [0.717, 1.165) is 31.8 Å². The molecule has 5 heteroatoms. The van der Waals surface area contributed by atoms with E-state index in [1.165, 1.54) is 12.8 Å². The summed E-state index contributed by atoms with van der Waals surface area (Å²) in [6, 6.07) is 0.937. The van der Waals surface area contributed by atoms with Crippen LogP contribution in [0.3, 0.4) is 0 Å². The zero-order valence-corrected chi connectivity index (χ0v) is 11.7. The minimum absolute atomic E-state index is 0.242. The van der Waals surface area contributed by atoms with Gasteiger partial charge in [0.25, 0.3) is 0 Å². The molecule has 2 fully saturated rings. The van der Waals surface area contributed by atoms with Crippen LogP contribution >= 0.6 is 0 Å². The Labute approximate surface area is 113 Å². The van der Waals surface area contributed by atoms with Gasteiger partial charge in [-0.3, -0.25) is 4.90 Å². The molecule has 1 N–H and O–H groups in total. The molecule has 19 heavy (non-hydrogen) atoms. The van der Waals surface area contributed by atoms with Crippen molar-refractivity contribution in [2.24, 2.45) is 5.92 Å². The number of hydrogen-bond donors (Lipinski definition) is 1. The number of hydrogen-bond acceptors (Lipinski definition) is 2. The van der Waals surface area contributed by atoms with Gasteiger partial charge in [0.1, 0.15) is 0 Å². The van der Waals surface area contributed by atoms with E-state index in [2.05, 4.69) is 17.1 Å². The van der Waals surface area contributed by atoms with Crippen molar-refractivity contribution < 1.29 is 13.2 Å². The lowest BCUT2D eigenvalue weighted by Crippen LogP contribution is -2.57. The molecule has 1 saturated heterocycles. The Hall–Kier alpha value is -0.290. The molecule has 0 radical (unpaired) electrons. The quantitative estimate of drug-likeness (QED) is 0.803. The van der Waals surface area contributed by atoms with Gasteiger partial charge in [0.2, 0.25) is 0 Å². The van der Waals surface area contributed by atoms with Crippen LogP contribution in [0.1, 0.15) is 45.4 Å². The van der Waals surface area contributed by atoms with Crippen molar-refractivity contribution >= 4 is 0 Å². The second-order valence-electron chi connectivity index (χ2n) is 6.01. The Morgan fingerprint density at radius 2 is 2.00 bits per heavy atom. The minimum atomic E-state index is -4.01. The molecule has 2 nitrogen and oxygen atoms in total. The normalized spacial score (nSPS) is 29.7. The molecule has 2 aliphatic rings. The standard InChI is InChI=1S/C14H25F3N2/c1-2-4-12-10-19(8-3-7-14(15,16)17)13(9-18-12)11-5-6-11/h11-13,18H,2-10H2,1H3. The highest BCUT2D eigenvalue weighted by atomic mass is 19.4. The molecule has 2 unspecified atom stereocenters. The van der Waals surface area contributed by atoms with Crippen molar-refractivity contribution in [3.63, 3.8) is 0 Å². The molecule has 0 aromatic carbocycles. The number of rotatable bonds is 6. The lowest BCUT2D eigenvalue weighted by molar-refractivity contribution is -0.136. The zero-order chi connectivity index (χ0) is 13.9. The highest BCUT2D eigenvalue weighted by molar-refractivity contribution is 4.94. The third-order valence-corrected chi connectivity index (χ3v) is 4.25. The summed E-state index contributed by atoms with van der Waals surface area (Å²) in [5.41, 5.74) is 0. The monoisotopic (exact) mass is 278 g/mol. The molecule has 1 heterocycles. The van der Waals surface area contributed by atoms with Gasteiger partial charge < -0.3 is 5.32 Å². The van der Waals surface area contributed by atoms with Gasteiger partial charge in [-0.05, 0) is 38.1 Å². The molecule has 0 spiro atoms. The van der Waals surface area contributed by atoms with Crippen molar-refractivity contribution in [1.82, 2.24) is 10.2 Å². The van der Waals surface area contributed by atoms with Crippen LogP contribution < -0.4 is 5.32 Å². The molecule has 2 rings (SSSR count). The number of halogens is 3. The molecule has 2 atom stereocenters. The van der Waals surface area contributed by atoms with Gasteiger partial charge in [0.05, 0.1) is 0 Å². The third-order valence-electron chi connectivity index (χ3n) is 4.25. The molecule has 1 saturated carbocycles. The lowest BCUT2D eigenvalue weighted by Gasteiger charge is -2.41. The molecule has 112 valence electrons. The summed E-state index contributed by atoms with van der Waals surface area (Å²) in [4.78, 5) is 2.32. The summed E-state index contributed by atoms with van der Waals surface area (Å²) in [5, 5.41) is 3.56. The highest BCUT2D eigenvalue weighted by Gasteiger charge is 2.38. The van der Waals surface area contributed by atoms with E-state index in [9.17, 15) is 13.2 Å². The Bertz CT molecular complexity index is 276. The fraction of sp³-hybridized carbons (Fsp3) is 1.00. The Balaban J connectivity index is 1.81. The molecule has 0 aromatic rings. The molecule has 1 aliphatic carbocycles. The molecule has 1 aliphatic heterocycles. The number of nitrogens with zero attached hydrogens (tertiary/aromatic N) is 1.